The molecule has 0 saturated carbocycles. The number of carboxylic acids is 1. The van der Waals surface area contributed by atoms with Gasteiger partial charge in [0.05, 0.1) is 0 Å². The zero-order valence-corrected chi connectivity index (χ0v) is 10.1. The summed E-state index contributed by atoms with van der Waals surface area (Å²) >= 11 is 0. The summed E-state index contributed by atoms with van der Waals surface area (Å²) in [5.41, 5.74) is 0. The predicted molar refractivity (Wildman–Crippen MR) is 61.6 cm³/mol. The van der Waals surface area contributed by atoms with Crippen molar-refractivity contribution >= 4 is 12.0 Å². The van der Waals surface area contributed by atoms with Gasteiger partial charge in [0.15, 0.2) is 0 Å². The van der Waals surface area contributed by atoms with E-state index in [2.05, 4.69) is 5.32 Å². The zero-order valence-electron chi connectivity index (χ0n) is 10.1. The lowest BCUT2D eigenvalue weighted by Gasteiger charge is -2.32. The van der Waals surface area contributed by atoms with Gasteiger partial charge in [-0.15, -0.1) is 0 Å². The van der Waals surface area contributed by atoms with Gasteiger partial charge >= 0.3 is 12.0 Å². The maximum atomic E-state index is 11.8. The van der Waals surface area contributed by atoms with Crippen LogP contribution in [0.15, 0.2) is 0 Å². The van der Waals surface area contributed by atoms with Gasteiger partial charge in [-0.3, -0.25) is 0 Å². The number of carbonyl (C=O) groups excluding carboxylic acids is 1. The van der Waals surface area contributed by atoms with E-state index >= 15 is 0 Å². The van der Waals surface area contributed by atoms with Crippen LogP contribution in [0.25, 0.3) is 0 Å². The molecule has 3 N–H and O–H groups in total. The molecule has 0 bridgehead atoms. The molecule has 98 valence electrons. The smallest absolute Gasteiger partial charge is 0.326 e. The highest BCUT2D eigenvalue weighted by Gasteiger charge is 2.26. The van der Waals surface area contributed by atoms with Crippen LogP contribution in [0.4, 0.5) is 4.79 Å². The molecule has 0 radical (unpaired) electrons. The Morgan fingerprint density at radius 3 is 2.76 bits per heavy atom. The van der Waals surface area contributed by atoms with Gasteiger partial charge in [0.2, 0.25) is 0 Å². The molecule has 6 heteroatoms. The van der Waals surface area contributed by atoms with Crippen molar-refractivity contribution in [3.63, 3.8) is 0 Å². The maximum absolute atomic E-state index is 11.8. The standard InChI is InChI=1S/C11H20N2O4/c1-2-9(10(15)16)12-11(17)13-5-3-4-8(6-13)7-14/h8-9,14H,2-7H2,1H3,(H,12,17)(H,15,16). The highest BCUT2D eigenvalue weighted by Crippen LogP contribution is 2.15. The first-order valence-electron chi connectivity index (χ1n) is 5.97. The summed E-state index contributed by atoms with van der Waals surface area (Å²) in [6.07, 6.45) is 2.12. The number of hydrogen-bond donors (Lipinski definition) is 3. The monoisotopic (exact) mass is 244 g/mol. The second-order valence-electron chi connectivity index (χ2n) is 4.39. The van der Waals surface area contributed by atoms with E-state index < -0.39 is 12.0 Å². The lowest BCUT2D eigenvalue weighted by molar-refractivity contribution is -0.139. The molecule has 0 aromatic rings. The number of hydrogen-bond acceptors (Lipinski definition) is 3. The fourth-order valence-corrected chi connectivity index (χ4v) is 1.98. The average Bonchev–Trinajstić information content (AvgIpc) is 2.35. The van der Waals surface area contributed by atoms with Gasteiger partial charge in [0, 0.05) is 19.7 Å². The Morgan fingerprint density at radius 1 is 1.53 bits per heavy atom. The third-order valence-electron chi connectivity index (χ3n) is 3.07. The molecule has 2 amide bonds. The molecule has 6 nitrogen and oxygen atoms in total. The third kappa shape index (κ3) is 3.89. The quantitative estimate of drug-likeness (QED) is 0.662. The summed E-state index contributed by atoms with van der Waals surface area (Å²) < 4.78 is 0. The second kappa shape index (κ2) is 6.44. The Hall–Kier alpha value is -1.30. The van der Waals surface area contributed by atoms with E-state index in [9.17, 15) is 9.59 Å². The summed E-state index contributed by atoms with van der Waals surface area (Å²) in [6.45, 7) is 2.91. The van der Waals surface area contributed by atoms with E-state index in [4.69, 9.17) is 10.2 Å². The number of amides is 2. The molecule has 1 rings (SSSR count). The Labute approximate surface area is 101 Å². The summed E-state index contributed by atoms with van der Waals surface area (Å²) in [5, 5.41) is 20.4. The zero-order chi connectivity index (χ0) is 12.8. The number of nitrogens with one attached hydrogen (secondary N) is 1. The van der Waals surface area contributed by atoms with Crippen molar-refractivity contribution in [3.8, 4) is 0 Å². The largest absolute Gasteiger partial charge is 0.480 e. The fraction of sp³-hybridized carbons (Fsp3) is 0.818. The molecule has 1 fully saturated rings. The van der Waals surface area contributed by atoms with E-state index in [-0.39, 0.29) is 18.6 Å². The molecule has 2 unspecified atom stereocenters. The van der Waals surface area contributed by atoms with Crippen LogP contribution < -0.4 is 5.32 Å². The molecule has 0 aromatic heterocycles. The Kier molecular flexibility index (Phi) is 5.21. The Balaban J connectivity index is 2.48. The van der Waals surface area contributed by atoms with Crippen molar-refractivity contribution < 1.29 is 19.8 Å². The van der Waals surface area contributed by atoms with Crippen LogP contribution in [-0.4, -0.2) is 52.9 Å². The van der Waals surface area contributed by atoms with E-state index in [1.54, 1.807) is 11.8 Å². The van der Waals surface area contributed by atoms with Gasteiger partial charge in [-0.1, -0.05) is 6.92 Å². The maximum Gasteiger partial charge on any atom is 0.326 e. The number of aliphatic hydroxyl groups is 1. The SMILES string of the molecule is CCC(NC(=O)N1CCCC(CO)C1)C(=O)O. The van der Waals surface area contributed by atoms with Gasteiger partial charge in [-0.05, 0) is 25.2 Å². The van der Waals surface area contributed by atoms with Crippen molar-refractivity contribution in [2.75, 3.05) is 19.7 Å². The van der Waals surface area contributed by atoms with Gasteiger partial charge < -0.3 is 20.4 Å². The van der Waals surface area contributed by atoms with Crippen LogP contribution in [0.5, 0.6) is 0 Å². The number of likely N-dealkylation sites (tertiary alicyclic amines) is 1. The number of urea groups is 1. The van der Waals surface area contributed by atoms with E-state index in [0.29, 0.717) is 19.5 Å². The molecule has 17 heavy (non-hydrogen) atoms. The number of aliphatic carboxylic acids is 1. The van der Waals surface area contributed by atoms with Crippen LogP contribution in [0.3, 0.4) is 0 Å². The van der Waals surface area contributed by atoms with Gasteiger partial charge in [0.25, 0.3) is 0 Å². The minimum absolute atomic E-state index is 0.0694. The molecule has 1 heterocycles. The van der Waals surface area contributed by atoms with E-state index in [0.717, 1.165) is 12.8 Å². The molecular formula is C11H20N2O4. The van der Waals surface area contributed by atoms with Crippen LogP contribution in [0, 0.1) is 5.92 Å². The molecule has 1 aliphatic rings. The molecular weight excluding hydrogens is 224 g/mol. The summed E-state index contributed by atoms with van der Waals surface area (Å²) in [5.74, 6) is -0.907. The Bertz CT molecular complexity index is 283. The molecule has 0 aromatic carbocycles. The number of nitrogens with zero attached hydrogens (tertiary/aromatic N) is 1. The summed E-state index contributed by atoms with van der Waals surface area (Å²) in [7, 11) is 0. The molecule has 2 atom stereocenters. The molecule has 1 saturated heterocycles. The molecule has 1 aliphatic heterocycles. The number of carboxylic acid groups (broad SMARTS) is 1. The van der Waals surface area contributed by atoms with E-state index in [1.165, 1.54) is 0 Å². The topological polar surface area (TPSA) is 89.9 Å². The highest BCUT2D eigenvalue weighted by atomic mass is 16.4. The van der Waals surface area contributed by atoms with Crippen molar-refractivity contribution in [2.24, 2.45) is 5.92 Å². The van der Waals surface area contributed by atoms with Crippen molar-refractivity contribution in [3.05, 3.63) is 0 Å². The lowest BCUT2D eigenvalue weighted by Crippen LogP contribution is -2.51. The van der Waals surface area contributed by atoms with Crippen LogP contribution in [-0.2, 0) is 4.79 Å². The average molecular weight is 244 g/mol. The van der Waals surface area contributed by atoms with Gasteiger partial charge in [-0.25, -0.2) is 9.59 Å². The normalized spacial score (nSPS) is 22.0. The number of rotatable bonds is 4. The fourth-order valence-electron chi connectivity index (χ4n) is 1.98. The van der Waals surface area contributed by atoms with Gasteiger partial charge in [-0.2, -0.15) is 0 Å². The van der Waals surface area contributed by atoms with Crippen LogP contribution >= 0.6 is 0 Å². The minimum Gasteiger partial charge on any atom is -0.480 e. The summed E-state index contributed by atoms with van der Waals surface area (Å²) in [6, 6.07) is -1.19. The number of aliphatic hydroxyl groups excluding tert-OH is 1. The first-order chi connectivity index (χ1) is 8.08. The minimum atomic E-state index is -1.02. The van der Waals surface area contributed by atoms with Crippen molar-refractivity contribution in [1.82, 2.24) is 10.2 Å². The predicted octanol–water partition coefficient (Wildman–Crippen LogP) is 0.263. The number of piperidine rings is 1. The first kappa shape index (κ1) is 13.8. The van der Waals surface area contributed by atoms with Crippen LogP contribution in [0.1, 0.15) is 26.2 Å². The van der Waals surface area contributed by atoms with Crippen molar-refractivity contribution in [2.45, 2.75) is 32.2 Å². The van der Waals surface area contributed by atoms with Crippen molar-refractivity contribution in [1.29, 1.82) is 0 Å². The first-order valence-corrected chi connectivity index (χ1v) is 5.97. The third-order valence-corrected chi connectivity index (χ3v) is 3.07. The van der Waals surface area contributed by atoms with E-state index in [1.807, 2.05) is 0 Å². The summed E-state index contributed by atoms with van der Waals surface area (Å²) in [4.78, 5) is 24.2. The Morgan fingerprint density at radius 2 is 2.24 bits per heavy atom. The number of carbonyl (C=O) groups is 2. The molecule has 0 spiro atoms. The molecule has 0 aliphatic carbocycles. The van der Waals surface area contributed by atoms with Crippen LogP contribution in [0.2, 0.25) is 0 Å². The van der Waals surface area contributed by atoms with Gasteiger partial charge in [0.1, 0.15) is 6.04 Å². The second-order valence-corrected chi connectivity index (χ2v) is 4.39. The highest BCUT2D eigenvalue weighted by molar-refractivity contribution is 5.82. The lowest BCUT2D eigenvalue weighted by atomic mass is 9.99.